The number of likely N-dealkylation sites (tertiary alicyclic amines) is 1. The molecule has 9 heteroatoms. The number of halogens is 2. The second-order valence-electron chi connectivity index (χ2n) is 7.48. The minimum Gasteiger partial charge on any atom is -0.338 e. The molecule has 1 aliphatic rings. The number of nitrogens with one attached hydrogen (secondary N) is 2. The number of hydrogen-bond donors (Lipinski definition) is 2. The van der Waals surface area contributed by atoms with Gasteiger partial charge in [0.2, 0.25) is 0 Å². The molecule has 1 saturated heterocycles. The molecule has 4 aromatic rings. The number of H-pyrrole nitrogens is 2. The number of hydrogen-bond acceptors (Lipinski definition) is 4. The van der Waals surface area contributed by atoms with Crippen molar-refractivity contribution in [2.45, 2.75) is 18.8 Å². The minimum absolute atomic E-state index is 0.0440. The van der Waals surface area contributed by atoms with Crippen molar-refractivity contribution in [1.29, 1.82) is 0 Å². The average molecular weight is 409 g/mol. The molecule has 0 unspecified atom stereocenters. The van der Waals surface area contributed by atoms with Crippen molar-refractivity contribution < 1.29 is 13.6 Å². The number of carbonyl (C=O) groups is 1. The van der Waals surface area contributed by atoms with Gasteiger partial charge in [-0.15, -0.1) is 0 Å². The van der Waals surface area contributed by atoms with E-state index in [1.54, 1.807) is 36.5 Å². The summed E-state index contributed by atoms with van der Waals surface area (Å²) < 4.78 is 26.7. The molecule has 3 heterocycles. The summed E-state index contributed by atoms with van der Waals surface area (Å²) in [7, 11) is 0. The van der Waals surface area contributed by atoms with E-state index >= 15 is 0 Å². The summed E-state index contributed by atoms with van der Waals surface area (Å²) in [5.41, 5.74) is 2.33. The van der Waals surface area contributed by atoms with Crippen LogP contribution in [0.25, 0.3) is 32.9 Å². The predicted octanol–water partition coefficient (Wildman–Crippen LogP) is 3.34. The highest BCUT2D eigenvalue weighted by Crippen LogP contribution is 2.31. The van der Waals surface area contributed by atoms with Crippen LogP contribution >= 0.6 is 0 Å². The summed E-state index contributed by atoms with van der Waals surface area (Å²) in [5.74, 6) is -2.96. The van der Waals surface area contributed by atoms with Crippen molar-refractivity contribution in [3.63, 3.8) is 0 Å². The van der Waals surface area contributed by atoms with Crippen molar-refractivity contribution in [3.05, 3.63) is 58.5 Å². The minimum atomic E-state index is -2.70. The van der Waals surface area contributed by atoms with E-state index in [1.807, 2.05) is 6.07 Å². The van der Waals surface area contributed by atoms with Crippen LogP contribution in [0.4, 0.5) is 8.78 Å². The molecule has 2 aromatic heterocycles. The number of benzene rings is 2. The lowest BCUT2D eigenvalue weighted by Crippen LogP contribution is -2.42. The highest BCUT2D eigenvalue weighted by molar-refractivity contribution is 6.01. The Labute approximate surface area is 168 Å². The Bertz CT molecular complexity index is 1330. The topological polar surface area (TPSA) is 94.7 Å². The molecule has 2 aromatic carbocycles. The van der Waals surface area contributed by atoms with Crippen molar-refractivity contribution in [3.8, 4) is 11.3 Å². The third kappa shape index (κ3) is 3.12. The zero-order valence-corrected chi connectivity index (χ0v) is 15.8. The SMILES string of the molecule is O=C(c1ccc2c(-c3ccc4c(=O)[nH]ncc4c3)n[nH]c2c1)N1CCC(F)(F)CC1. The van der Waals surface area contributed by atoms with Gasteiger partial charge in [0, 0.05) is 47.8 Å². The van der Waals surface area contributed by atoms with E-state index < -0.39 is 5.92 Å². The van der Waals surface area contributed by atoms with Gasteiger partial charge in [-0.2, -0.15) is 10.2 Å². The molecule has 0 radical (unpaired) electrons. The lowest BCUT2D eigenvalue weighted by Gasteiger charge is -2.31. The van der Waals surface area contributed by atoms with Gasteiger partial charge in [0.25, 0.3) is 17.4 Å². The van der Waals surface area contributed by atoms with Gasteiger partial charge in [0.15, 0.2) is 0 Å². The second-order valence-corrected chi connectivity index (χ2v) is 7.48. The summed E-state index contributed by atoms with van der Waals surface area (Å²) in [6, 6.07) is 10.5. The standard InChI is InChI=1S/C21H17F2N5O2/c22-21(23)5-7-28(8-6-21)20(30)13-2-4-16-17(10-13)25-26-18(16)12-1-3-15-14(9-12)11-24-27-19(15)29/h1-4,9-11H,5-8H2,(H,25,26)(H,27,29). The molecule has 30 heavy (non-hydrogen) atoms. The number of fused-ring (bicyclic) bond motifs is 2. The first-order valence-electron chi connectivity index (χ1n) is 9.54. The van der Waals surface area contributed by atoms with E-state index in [9.17, 15) is 18.4 Å². The van der Waals surface area contributed by atoms with Crippen LogP contribution in [0.3, 0.4) is 0 Å². The molecule has 5 rings (SSSR count). The summed E-state index contributed by atoms with van der Waals surface area (Å²) >= 11 is 0. The Morgan fingerprint density at radius 2 is 1.80 bits per heavy atom. The molecule has 1 amide bonds. The van der Waals surface area contributed by atoms with Crippen LogP contribution in [0, 0.1) is 0 Å². The van der Waals surface area contributed by atoms with Gasteiger partial charge >= 0.3 is 0 Å². The molecule has 1 fully saturated rings. The number of aromatic nitrogens is 4. The maximum absolute atomic E-state index is 13.4. The maximum Gasteiger partial charge on any atom is 0.272 e. The predicted molar refractivity (Wildman–Crippen MR) is 108 cm³/mol. The molecule has 0 spiro atoms. The van der Waals surface area contributed by atoms with Gasteiger partial charge < -0.3 is 4.90 Å². The molecule has 2 N–H and O–H groups in total. The first-order chi connectivity index (χ1) is 14.4. The van der Waals surface area contributed by atoms with E-state index in [0.717, 1.165) is 10.9 Å². The maximum atomic E-state index is 13.4. The Hall–Kier alpha value is -3.62. The number of amides is 1. The highest BCUT2D eigenvalue weighted by atomic mass is 19.3. The molecule has 0 aliphatic carbocycles. The van der Waals surface area contributed by atoms with Crippen molar-refractivity contribution in [2.24, 2.45) is 0 Å². The van der Waals surface area contributed by atoms with Gasteiger partial charge in [0.1, 0.15) is 0 Å². The number of nitrogens with zero attached hydrogens (tertiary/aromatic N) is 3. The molecule has 0 atom stereocenters. The van der Waals surface area contributed by atoms with Gasteiger partial charge in [-0.1, -0.05) is 6.07 Å². The van der Waals surface area contributed by atoms with Crippen molar-refractivity contribution in [1.82, 2.24) is 25.3 Å². The van der Waals surface area contributed by atoms with Crippen LogP contribution in [0.2, 0.25) is 0 Å². The molecule has 7 nitrogen and oxygen atoms in total. The van der Waals surface area contributed by atoms with Crippen molar-refractivity contribution >= 4 is 27.6 Å². The normalized spacial score (nSPS) is 16.3. The fourth-order valence-corrected chi connectivity index (χ4v) is 3.84. The van der Waals surface area contributed by atoms with Gasteiger partial charge in [-0.3, -0.25) is 14.7 Å². The van der Waals surface area contributed by atoms with Crippen molar-refractivity contribution in [2.75, 3.05) is 13.1 Å². The van der Waals surface area contributed by atoms with Gasteiger partial charge in [-0.05, 0) is 30.3 Å². The Kier molecular flexibility index (Phi) is 4.12. The number of piperidine rings is 1. The van der Waals surface area contributed by atoms with Crippen LogP contribution in [-0.4, -0.2) is 50.2 Å². The Morgan fingerprint density at radius 3 is 2.60 bits per heavy atom. The highest BCUT2D eigenvalue weighted by Gasteiger charge is 2.35. The first-order valence-corrected chi connectivity index (χ1v) is 9.54. The quantitative estimate of drug-likeness (QED) is 0.531. The molecule has 0 bridgehead atoms. The second kappa shape index (κ2) is 6.72. The van der Waals surface area contributed by atoms with E-state index in [4.69, 9.17) is 0 Å². The molecular weight excluding hydrogens is 392 g/mol. The monoisotopic (exact) mass is 409 g/mol. The fraction of sp³-hybridized carbons (Fsp3) is 0.238. The van der Waals surface area contributed by atoms with Crippen LogP contribution < -0.4 is 5.56 Å². The first kappa shape index (κ1) is 18.4. The largest absolute Gasteiger partial charge is 0.338 e. The number of aromatic amines is 2. The zero-order valence-electron chi connectivity index (χ0n) is 15.8. The van der Waals surface area contributed by atoms with Crippen LogP contribution in [0.5, 0.6) is 0 Å². The van der Waals surface area contributed by atoms with E-state index in [2.05, 4.69) is 20.4 Å². The van der Waals surface area contributed by atoms with Crippen LogP contribution in [0.15, 0.2) is 47.4 Å². The molecule has 1 aliphatic heterocycles. The van der Waals surface area contributed by atoms with E-state index in [-0.39, 0.29) is 37.4 Å². The smallest absolute Gasteiger partial charge is 0.272 e. The summed E-state index contributed by atoms with van der Waals surface area (Å²) in [4.78, 5) is 26.0. The van der Waals surface area contributed by atoms with Crippen LogP contribution in [0.1, 0.15) is 23.2 Å². The molecule has 0 saturated carbocycles. The number of carbonyl (C=O) groups excluding carboxylic acids is 1. The fourth-order valence-electron chi connectivity index (χ4n) is 3.84. The third-order valence-electron chi connectivity index (χ3n) is 5.53. The third-order valence-corrected chi connectivity index (χ3v) is 5.53. The van der Waals surface area contributed by atoms with Crippen LogP contribution in [-0.2, 0) is 0 Å². The Balaban J connectivity index is 1.47. The summed E-state index contributed by atoms with van der Waals surface area (Å²) in [5, 5.41) is 15.6. The summed E-state index contributed by atoms with van der Waals surface area (Å²) in [6.07, 6.45) is 0.956. The van der Waals surface area contributed by atoms with Gasteiger partial charge in [0.05, 0.1) is 22.8 Å². The number of alkyl halides is 2. The lowest BCUT2D eigenvalue weighted by atomic mass is 10.0. The average Bonchev–Trinajstić information content (AvgIpc) is 3.16. The molecule has 152 valence electrons. The van der Waals surface area contributed by atoms with E-state index in [1.165, 1.54) is 4.90 Å². The molecular formula is C21H17F2N5O2. The Morgan fingerprint density at radius 1 is 1.03 bits per heavy atom. The van der Waals surface area contributed by atoms with E-state index in [0.29, 0.717) is 27.5 Å². The lowest BCUT2D eigenvalue weighted by molar-refractivity contribution is -0.0494. The van der Waals surface area contributed by atoms with Gasteiger partial charge in [-0.25, -0.2) is 13.9 Å². The summed E-state index contributed by atoms with van der Waals surface area (Å²) in [6.45, 7) is 0.0880. The number of rotatable bonds is 2. The zero-order chi connectivity index (χ0) is 20.9.